The minimum Gasteiger partial charge on any atom is -0.480 e. The lowest BCUT2D eigenvalue weighted by molar-refractivity contribution is -0.150. The molecule has 3 N–H and O–H groups in total. The summed E-state index contributed by atoms with van der Waals surface area (Å²) in [7, 11) is 0. The molecule has 1 atom stereocenters. The third-order valence-electron chi connectivity index (χ3n) is 3.79. The van der Waals surface area contributed by atoms with Crippen molar-refractivity contribution in [1.82, 2.24) is 9.80 Å². The van der Waals surface area contributed by atoms with E-state index in [9.17, 15) is 19.5 Å². The summed E-state index contributed by atoms with van der Waals surface area (Å²) in [4.78, 5) is 38.1. The van der Waals surface area contributed by atoms with Gasteiger partial charge in [0.2, 0.25) is 5.91 Å². The number of nitrogens with two attached hydrogens (primary N) is 1. The number of carbonyl (C=O) groups excluding carboxylic acids is 2. The minimum absolute atomic E-state index is 0.161. The lowest BCUT2D eigenvalue weighted by Gasteiger charge is -2.43. The van der Waals surface area contributed by atoms with Crippen LogP contribution in [0.1, 0.15) is 40.0 Å². The fourth-order valence-corrected chi connectivity index (χ4v) is 2.66. The van der Waals surface area contributed by atoms with Gasteiger partial charge in [-0.1, -0.05) is 13.8 Å². The Labute approximate surface area is 125 Å². The number of primary amides is 1. The predicted octanol–water partition coefficient (Wildman–Crippen LogP) is 0.879. The summed E-state index contributed by atoms with van der Waals surface area (Å²) < 4.78 is 0. The quantitative estimate of drug-likeness (QED) is 0.786. The Morgan fingerprint density at radius 3 is 2.43 bits per heavy atom. The van der Waals surface area contributed by atoms with Crippen LogP contribution in [0.5, 0.6) is 0 Å². The molecule has 7 heteroatoms. The standard InChI is InChI=1S/C14H25N3O4/c1-10(2)8-16(9-11(15)18)13(21)17-7-5-4-6-14(17,3)12(19)20/h10H,4-9H2,1-3H3,(H2,15,18)(H,19,20). The Bertz CT molecular complexity index is 424. The normalized spacial score (nSPS) is 22.2. The van der Waals surface area contributed by atoms with Gasteiger partial charge >= 0.3 is 12.0 Å². The van der Waals surface area contributed by atoms with E-state index in [-0.39, 0.29) is 12.5 Å². The van der Waals surface area contributed by atoms with E-state index in [0.717, 1.165) is 12.8 Å². The SMILES string of the molecule is CC(C)CN(CC(N)=O)C(=O)N1CCCCC1(C)C(=O)O. The zero-order valence-corrected chi connectivity index (χ0v) is 13.0. The van der Waals surface area contributed by atoms with E-state index in [2.05, 4.69) is 0 Å². The maximum atomic E-state index is 12.7. The average Bonchev–Trinajstić information content (AvgIpc) is 2.36. The first kappa shape index (κ1) is 17.3. The zero-order valence-electron chi connectivity index (χ0n) is 13.0. The number of nitrogens with zero attached hydrogens (tertiary/aromatic N) is 2. The average molecular weight is 299 g/mol. The summed E-state index contributed by atoms with van der Waals surface area (Å²) in [5.74, 6) is -1.45. The van der Waals surface area contributed by atoms with Gasteiger partial charge in [-0.05, 0) is 32.1 Å². The first-order valence-electron chi connectivity index (χ1n) is 7.26. The molecular formula is C14H25N3O4. The molecule has 1 aliphatic heterocycles. The van der Waals surface area contributed by atoms with Crippen LogP contribution in [0.4, 0.5) is 4.79 Å². The number of carbonyl (C=O) groups is 3. The van der Waals surface area contributed by atoms with E-state index in [1.54, 1.807) is 6.92 Å². The van der Waals surface area contributed by atoms with Gasteiger partial charge < -0.3 is 20.6 Å². The molecule has 1 fully saturated rings. The molecule has 0 aliphatic carbocycles. The predicted molar refractivity (Wildman–Crippen MR) is 77.6 cm³/mol. The van der Waals surface area contributed by atoms with Gasteiger partial charge in [-0.2, -0.15) is 0 Å². The topological polar surface area (TPSA) is 104 Å². The van der Waals surface area contributed by atoms with E-state index >= 15 is 0 Å². The molecule has 7 nitrogen and oxygen atoms in total. The second-order valence-corrected chi connectivity index (χ2v) is 6.21. The number of piperidine rings is 1. The van der Waals surface area contributed by atoms with Crippen molar-refractivity contribution in [3.05, 3.63) is 0 Å². The minimum atomic E-state index is -1.22. The number of amides is 3. The van der Waals surface area contributed by atoms with Crippen molar-refractivity contribution >= 4 is 17.9 Å². The highest BCUT2D eigenvalue weighted by atomic mass is 16.4. The molecule has 0 aromatic heterocycles. The molecule has 1 saturated heterocycles. The third-order valence-corrected chi connectivity index (χ3v) is 3.79. The van der Waals surface area contributed by atoms with Crippen LogP contribution in [0, 0.1) is 5.92 Å². The summed E-state index contributed by atoms with van der Waals surface area (Å²) in [6, 6.07) is -0.424. The third kappa shape index (κ3) is 4.09. The van der Waals surface area contributed by atoms with Crippen LogP contribution in [-0.4, -0.2) is 58.0 Å². The molecule has 0 aromatic rings. The van der Waals surface area contributed by atoms with Crippen molar-refractivity contribution in [2.75, 3.05) is 19.6 Å². The first-order valence-corrected chi connectivity index (χ1v) is 7.26. The number of likely N-dealkylation sites (tertiary alicyclic amines) is 1. The van der Waals surface area contributed by atoms with E-state index in [1.165, 1.54) is 9.80 Å². The molecule has 0 saturated carbocycles. The van der Waals surface area contributed by atoms with Crippen LogP contribution >= 0.6 is 0 Å². The molecule has 0 radical (unpaired) electrons. The molecule has 120 valence electrons. The maximum absolute atomic E-state index is 12.7. The number of aliphatic carboxylic acids is 1. The first-order chi connectivity index (χ1) is 9.68. The van der Waals surface area contributed by atoms with Gasteiger partial charge in [-0.3, -0.25) is 4.79 Å². The van der Waals surface area contributed by atoms with E-state index < -0.39 is 23.4 Å². The van der Waals surface area contributed by atoms with Crippen LogP contribution < -0.4 is 5.73 Å². The van der Waals surface area contributed by atoms with Gasteiger partial charge in [0, 0.05) is 13.1 Å². The van der Waals surface area contributed by atoms with Crippen molar-refractivity contribution in [2.24, 2.45) is 11.7 Å². The molecular weight excluding hydrogens is 274 g/mol. The second kappa shape index (κ2) is 6.78. The van der Waals surface area contributed by atoms with Crippen LogP contribution in [-0.2, 0) is 9.59 Å². The van der Waals surface area contributed by atoms with E-state index in [0.29, 0.717) is 19.5 Å². The summed E-state index contributed by atoms with van der Waals surface area (Å²) in [6.45, 7) is 5.97. The van der Waals surface area contributed by atoms with Gasteiger partial charge in [0.25, 0.3) is 0 Å². The molecule has 1 heterocycles. The Kier molecular flexibility index (Phi) is 5.57. The summed E-state index contributed by atoms with van der Waals surface area (Å²) in [6.07, 6.45) is 1.95. The van der Waals surface area contributed by atoms with Crippen molar-refractivity contribution < 1.29 is 19.5 Å². The Morgan fingerprint density at radius 2 is 1.95 bits per heavy atom. The highest BCUT2D eigenvalue weighted by molar-refractivity contribution is 5.88. The summed E-state index contributed by atoms with van der Waals surface area (Å²) >= 11 is 0. The number of urea groups is 1. The number of hydrogen-bond acceptors (Lipinski definition) is 3. The Balaban J connectivity index is 2.99. The largest absolute Gasteiger partial charge is 0.480 e. The van der Waals surface area contributed by atoms with Crippen molar-refractivity contribution in [1.29, 1.82) is 0 Å². The van der Waals surface area contributed by atoms with Gasteiger partial charge in [0.1, 0.15) is 12.1 Å². The Hall–Kier alpha value is -1.79. The van der Waals surface area contributed by atoms with Crippen molar-refractivity contribution in [3.63, 3.8) is 0 Å². The van der Waals surface area contributed by atoms with Gasteiger partial charge in [0.15, 0.2) is 0 Å². The molecule has 21 heavy (non-hydrogen) atoms. The maximum Gasteiger partial charge on any atom is 0.329 e. The number of carboxylic acid groups (broad SMARTS) is 1. The fourth-order valence-electron chi connectivity index (χ4n) is 2.66. The zero-order chi connectivity index (χ0) is 16.2. The van der Waals surface area contributed by atoms with Gasteiger partial charge in [-0.25, -0.2) is 9.59 Å². The molecule has 1 unspecified atom stereocenters. The van der Waals surface area contributed by atoms with Crippen molar-refractivity contribution in [3.8, 4) is 0 Å². The molecule has 1 aliphatic rings. The highest BCUT2D eigenvalue weighted by Gasteiger charge is 2.45. The second-order valence-electron chi connectivity index (χ2n) is 6.21. The number of rotatable bonds is 5. The van der Waals surface area contributed by atoms with E-state index in [1.807, 2.05) is 13.8 Å². The van der Waals surface area contributed by atoms with Crippen LogP contribution in [0.15, 0.2) is 0 Å². The lowest BCUT2D eigenvalue weighted by Crippen LogP contribution is -2.61. The van der Waals surface area contributed by atoms with Crippen LogP contribution in [0.3, 0.4) is 0 Å². The van der Waals surface area contributed by atoms with Crippen LogP contribution in [0.2, 0.25) is 0 Å². The highest BCUT2D eigenvalue weighted by Crippen LogP contribution is 2.29. The monoisotopic (exact) mass is 299 g/mol. The molecule has 3 amide bonds. The van der Waals surface area contributed by atoms with Crippen LogP contribution in [0.25, 0.3) is 0 Å². The summed E-state index contributed by atoms with van der Waals surface area (Å²) in [5.41, 5.74) is 3.98. The lowest BCUT2D eigenvalue weighted by atomic mass is 9.89. The van der Waals surface area contributed by atoms with Crippen molar-refractivity contribution in [2.45, 2.75) is 45.6 Å². The van der Waals surface area contributed by atoms with E-state index in [4.69, 9.17) is 5.73 Å². The Morgan fingerprint density at radius 1 is 1.33 bits per heavy atom. The van der Waals surface area contributed by atoms with Gasteiger partial charge in [0.05, 0.1) is 0 Å². The molecule has 0 aromatic carbocycles. The molecule has 0 bridgehead atoms. The smallest absolute Gasteiger partial charge is 0.329 e. The number of hydrogen-bond donors (Lipinski definition) is 2. The molecule has 0 spiro atoms. The number of carboxylic acids is 1. The summed E-state index contributed by atoms with van der Waals surface area (Å²) in [5, 5.41) is 9.46. The fraction of sp³-hybridized carbons (Fsp3) is 0.786. The molecule has 1 rings (SSSR count). The van der Waals surface area contributed by atoms with Gasteiger partial charge in [-0.15, -0.1) is 0 Å².